The number of esters is 6. The van der Waals surface area contributed by atoms with Crippen LogP contribution in [0.1, 0.15) is 180 Å². The molecule has 0 aromatic carbocycles. The molecule has 1 aromatic rings. The number of carboxylic acid groups (broad SMARTS) is 1. The Morgan fingerprint density at radius 2 is 1.29 bits per heavy atom. The number of aliphatic carboxylic acids is 1. The van der Waals surface area contributed by atoms with Gasteiger partial charge >= 0.3 is 41.8 Å². The Balaban J connectivity index is 2.87. The Kier molecular flexibility index (Phi) is 40.8. The van der Waals surface area contributed by atoms with Gasteiger partial charge in [0.1, 0.15) is 39.2 Å². The average molecular weight is 1510 g/mol. The summed E-state index contributed by atoms with van der Waals surface area (Å²) >= 11 is 8.04. The van der Waals surface area contributed by atoms with Crippen LogP contribution in [0.2, 0.25) is 0 Å². The van der Waals surface area contributed by atoms with Crippen LogP contribution < -0.4 is 5.32 Å². The highest BCUT2D eigenvalue weighted by atomic mass is 33.1. The van der Waals surface area contributed by atoms with Crippen LogP contribution in [0.5, 0.6) is 0 Å². The normalized spacial score (nSPS) is 20.6. The number of carbonyl (C=O) groups excluding carboxylic acids is 8. The molecule has 100 heavy (non-hydrogen) atoms. The maximum absolute atomic E-state index is 15.4. The van der Waals surface area contributed by atoms with Gasteiger partial charge in [-0.05, 0) is 142 Å². The van der Waals surface area contributed by atoms with Crippen molar-refractivity contribution in [2.75, 3.05) is 91.5 Å². The van der Waals surface area contributed by atoms with Crippen LogP contribution in [-0.2, 0) is 90.5 Å². The van der Waals surface area contributed by atoms with Gasteiger partial charge in [0.05, 0.1) is 73.3 Å². The van der Waals surface area contributed by atoms with Crippen molar-refractivity contribution in [2.45, 2.75) is 226 Å². The number of aliphatic hydroxyl groups is 1. The first-order chi connectivity index (χ1) is 46.9. The second-order valence-electron chi connectivity index (χ2n) is 27.7. The molecule has 0 spiro atoms. The number of ether oxygens (including phenoxy) is 10. The summed E-state index contributed by atoms with van der Waals surface area (Å²) in [7, 11) is 6.37. The lowest BCUT2D eigenvalue weighted by Crippen LogP contribution is -2.56. The van der Waals surface area contributed by atoms with Gasteiger partial charge in [0.25, 0.3) is 6.47 Å². The van der Waals surface area contributed by atoms with E-state index in [0.29, 0.717) is 40.8 Å². The highest BCUT2D eigenvalue weighted by Gasteiger charge is 2.56. The maximum Gasteiger partial charge on any atom is 0.320 e. The first-order valence-electron chi connectivity index (χ1n) is 34.1. The van der Waals surface area contributed by atoms with E-state index >= 15 is 14.4 Å². The number of hydrogen-bond donors (Lipinski definition) is 3. The van der Waals surface area contributed by atoms with Gasteiger partial charge in [-0.25, -0.2) is 11.6 Å². The summed E-state index contributed by atoms with van der Waals surface area (Å²) in [6.07, 6.45) is -3.04. The number of pyridine rings is 1. The number of carbonyl (C=O) groups is 9. The number of nitrogens with zero attached hydrogens (tertiary/aromatic N) is 3. The van der Waals surface area contributed by atoms with Gasteiger partial charge in [0.2, 0.25) is 11.4 Å². The number of carboxylic acids is 1. The minimum Gasteiger partial charge on any atom is -0.480 e. The van der Waals surface area contributed by atoms with E-state index in [1.165, 1.54) is 54.1 Å². The molecule has 25 nitrogen and oxygen atoms in total. The zero-order valence-electron chi connectivity index (χ0n) is 61.6. The van der Waals surface area contributed by atoms with Crippen molar-refractivity contribution in [3.8, 4) is 0 Å². The summed E-state index contributed by atoms with van der Waals surface area (Å²) in [6, 6.07) is 5.47. The lowest BCUT2D eigenvalue weighted by molar-refractivity contribution is -0.288. The molecule has 1 saturated heterocycles. The Morgan fingerprint density at radius 1 is 0.730 bits per heavy atom. The molecule has 0 aliphatic carbocycles. The minimum atomic E-state index is -1.71. The number of rotatable bonds is 50. The lowest BCUT2D eigenvalue weighted by Gasteiger charge is -2.43. The van der Waals surface area contributed by atoms with E-state index < -0.39 is 116 Å². The van der Waals surface area contributed by atoms with Crippen molar-refractivity contribution in [3.05, 3.63) is 35.8 Å². The SMILES string of the molecule is [C-]#[N+]C(C)(CCOC=O)CC(C)(CCC(C)(CC(C)(CCC(C)(CC(C)(CC(CCC)(SC(=S)SCC)C(=O)O)C(=O)OCCCC)C(=O)OCCN(C)C)C(=O)OCCSSc1ccccn1)C(=O)NCC(C)O)C(=O)OCCOCCO[C@@H]1O[C@H](C)[C@H](C)[C@H](OC(C)=O)[C@H]1OC(C)=O. The Labute approximate surface area is 614 Å². The number of thiocarbonyl (C=S) groups is 1. The number of amides is 1. The molecule has 1 aromatic heterocycles. The number of nitrogens with one attached hydrogen (secondary N) is 1. The molecule has 1 amide bonds. The average Bonchev–Trinajstić information content (AvgIpc) is 0.774. The molecule has 1 aliphatic rings. The summed E-state index contributed by atoms with van der Waals surface area (Å²) in [6.45, 7) is 30.6. The molecule has 0 bridgehead atoms. The fourth-order valence-electron chi connectivity index (χ4n) is 12.1. The smallest absolute Gasteiger partial charge is 0.320 e. The van der Waals surface area contributed by atoms with Crippen molar-refractivity contribution in [1.82, 2.24) is 15.2 Å². The van der Waals surface area contributed by atoms with E-state index in [4.69, 9.17) is 66.2 Å². The molecule has 3 N–H and O–H groups in total. The zero-order chi connectivity index (χ0) is 75.5. The van der Waals surface area contributed by atoms with Crippen molar-refractivity contribution >= 4 is 115 Å². The van der Waals surface area contributed by atoms with Gasteiger partial charge in [-0.2, -0.15) is 0 Å². The molecule has 0 saturated carbocycles. The van der Waals surface area contributed by atoms with E-state index in [1.807, 2.05) is 37.8 Å². The number of unbranched alkanes of at least 4 members (excludes halogenated alkanes) is 1. The van der Waals surface area contributed by atoms with Gasteiger partial charge in [-0.1, -0.05) is 88.3 Å². The zero-order valence-corrected chi connectivity index (χ0v) is 65.6. The topological polar surface area (TPSA) is 319 Å². The van der Waals surface area contributed by atoms with Gasteiger partial charge < -0.3 is 72.6 Å². The standard InChI is InChI=1S/C70H112N4O21S5/c1-18-21-33-89-62(85)68(13,46-70(25-19-2,58(80)81)99-63(96)97-20-3)44-66(11,59(82)90-35-32-74(16)17)29-28-65(10,60(83)92-40-41-98-100-53-24-22-23-31-72-53)43-64(9,57(79)73-42-48(4)76)26-27-67(12,45-69(14,71-15)30-34-87-47-75)61(84)91-39-37-86-36-38-88-56-55(95-52(8)78)54(94-51(7)77)49(5)50(6)93-56/h22-24,31,47-50,54-56,76H,18-21,25-30,32-46H2,1-14,16-17H3,(H,73,79)(H,80,81)/t48?,49-,50+,54-,55+,56+,64?,65?,66?,67?,68?,69?,70?/m0/s1. The fraction of sp³-hybridized carbons (Fsp3) is 0.771. The maximum atomic E-state index is 15.4. The van der Waals surface area contributed by atoms with Crippen LogP contribution in [0.25, 0.3) is 4.85 Å². The van der Waals surface area contributed by atoms with Crippen molar-refractivity contribution in [2.24, 2.45) is 33.0 Å². The van der Waals surface area contributed by atoms with Crippen molar-refractivity contribution < 1.29 is 101 Å². The molecule has 2 heterocycles. The van der Waals surface area contributed by atoms with E-state index in [1.54, 1.807) is 81.7 Å². The van der Waals surface area contributed by atoms with Gasteiger partial charge in [0.15, 0.2) is 12.4 Å². The molecule has 1 aliphatic heterocycles. The lowest BCUT2D eigenvalue weighted by atomic mass is 9.62. The van der Waals surface area contributed by atoms with Crippen molar-refractivity contribution in [3.63, 3.8) is 0 Å². The van der Waals surface area contributed by atoms with E-state index in [0.717, 1.165) is 16.8 Å². The number of hydrogen-bond acceptors (Lipinski definition) is 27. The highest BCUT2D eigenvalue weighted by molar-refractivity contribution is 8.76. The van der Waals surface area contributed by atoms with E-state index in [2.05, 4.69) is 15.1 Å². The molecule has 1 fully saturated rings. The second kappa shape index (κ2) is 44.7. The summed E-state index contributed by atoms with van der Waals surface area (Å²) < 4.78 is 56.7. The van der Waals surface area contributed by atoms with Crippen LogP contribution in [0.3, 0.4) is 0 Å². The van der Waals surface area contributed by atoms with Crippen LogP contribution >= 0.6 is 57.3 Å². The van der Waals surface area contributed by atoms with Crippen LogP contribution in [0.15, 0.2) is 29.4 Å². The van der Waals surface area contributed by atoms with Crippen molar-refractivity contribution in [1.29, 1.82) is 0 Å². The number of aliphatic hydroxyl groups excluding tert-OH is 1. The number of aromatic nitrogens is 1. The minimum absolute atomic E-state index is 0.00418. The molecule has 2 rings (SSSR count). The Morgan fingerprint density at radius 3 is 1.83 bits per heavy atom. The Bertz CT molecular complexity index is 2830. The third kappa shape index (κ3) is 30.8. The second-order valence-corrected chi connectivity index (χ2v) is 34.0. The number of likely N-dealkylation sites (N-methyl/N-ethyl adjacent to an activating group) is 1. The van der Waals surface area contributed by atoms with E-state index in [-0.39, 0.29) is 136 Å². The van der Waals surface area contributed by atoms with Crippen LogP contribution in [0.4, 0.5) is 0 Å². The molecule has 568 valence electrons. The molecule has 30 heteroatoms. The monoisotopic (exact) mass is 1500 g/mol. The summed E-state index contributed by atoms with van der Waals surface area (Å²) in [5.74, 6) is -5.53. The molecule has 13 atom stereocenters. The number of thioether (sulfide) groups is 2. The molecular weight excluding hydrogens is 1390 g/mol. The van der Waals surface area contributed by atoms with Crippen LogP contribution in [-0.4, -0.2) is 210 Å². The van der Waals surface area contributed by atoms with E-state index in [9.17, 15) is 39.0 Å². The van der Waals surface area contributed by atoms with Gasteiger partial charge in [0, 0.05) is 63.6 Å². The van der Waals surface area contributed by atoms with Gasteiger partial charge in [-0.3, -0.25) is 43.2 Å². The van der Waals surface area contributed by atoms with Gasteiger partial charge in [-0.15, -0.1) is 11.8 Å². The van der Waals surface area contributed by atoms with Crippen LogP contribution in [0, 0.1) is 39.6 Å². The molecule has 0 radical (unpaired) electrons. The predicted molar refractivity (Wildman–Crippen MR) is 389 cm³/mol. The third-order valence-electron chi connectivity index (χ3n) is 17.7. The molecule has 8 unspecified atom stereocenters. The summed E-state index contributed by atoms with van der Waals surface area (Å²) in [5.41, 5.74) is -9.68. The first-order valence-corrected chi connectivity index (χ1v) is 38.7. The quantitative estimate of drug-likeness (QED) is 0.0104. The summed E-state index contributed by atoms with van der Waals surface area (Å²) in [5, 5.41) is 25.4. The first kappa shape index (κ1) is 91.2. The fourth-order valence-corrected chi connectivity index (χ4v) is 17.1. The predicted octanol–water partition coefficient (Wildman–Crippen LogP) is 10.9. The largest absolute Gasteiger partial charge is 0.480 e. The third-order valence-corrected chi connectivity index (χ3v) is 22.7. The Hall–Kier alpha value is -4.84. The molecular formula is C70H112N4O21S5. The summed E-state index contributed by atoms with van der Waals surface area (Å²) in [4.78, 5) is 135. The highest BCUT2D eigenvalue weighted by Crippen LogP contribution is 2.53.